The molecule has 0 bridgehead atoms. The van der Waals surface area contributed by atoms with E-state index in [1.54, 1.807) is 20.8 Å². The standard InChI is InChI=1S/C23H20ClF5N4O2S/c1-22(2,3)32-10-15(20(34)31(4)14-6-5-12(25)17(24)18(14)26)33(21(32)35)16-9-11(23(27,28)29)19-13(30-16)7-8-36-19/h5-9,15H,10H2,1-4H3/t15-/m0/s1. The average Bonchev–Trinajstić information content (AvgIpc) is 3.39. The SMILES string of the molecule is CN(C(=O)[C@@H]1CN(C(C)(C)C)C(=O)N1c1cc(C(F)(F)F)c2sccc2n1)c1ccc(F)c(Cl)c1F. The summed E-state index contributed by atoms with van der Waals surface area (Å²) in [6, 6.07) is 1.93. The van der Waals surface area contributed by atoms with Gasteiger partial charge >= 0.3 is 12.2 Å². The second kappa shape index (κ2) is 8.84. The summed E-state index contributed by atoms with van der Waals surface area (Å²) in [5.41, 5.74) is -2.13. The van der Waals surface area contributed by atoms with E-state index in [1.165, 1.54) is 23.4 Å². The molecular formula is C23H20ClF5N4O2S. The smallest absolute Gasteiger partial charge is 0.317 e. The Kier molecular flexibility index (Phi) is 6.40. The third-order valence-electron chi connectivity index (χ3n) is 5.86. The van der Waals surface area contributed by atoms with Crippen LogP contribution in [-0.2, 0) is 11.0 Å². The lowest BCUT2D eigenvalue weighted by atomic mass is 10.1. The second-order valence-corrected chi connectivity index (χ2v) is 10.5. The molecule has 0 spiro atoms. The molecule has 0 aliphatic carbocycles. The summed E-state index contributed by atoms with van der Waals surface area (Å²) in [7, 11) is 1.20. The van der Waals surface area contributed by atoms with E-state index in [4.69, 9.17) is 11.6 Å². The van der Waals surface area contributed by atoms with E-state index in [2.05, 4.69) is 4.98 Å². The number of rotatable bonds is 3. The number of halogens is 6. The Morgan fingerprint density at radius 3 is 2.47 bits per heavy atom. The molecule has 0 N–H and O–H groups in total. The number of nitrogens with zero attached hydrogens (tertiary/aromatic N) is 4. The van der Waals surface area contributed by atoms with E-state index in [0.29, 0.717) is 0 Å². The molecule has 3 amide bonds. The number of urea groups is 1. The zero-order chi connectivity index (χ0) is 26.7. The van der Waals surface area contributed by atoms with E-state index in [9.17, 15) is 31.5 Å². The molecule has 36 heavy (non-hydrogen) atoms. The normalized spacial score (nSPS) is 16.8. The van der Waals surface area contributed by atoms with Gasteiger partial charge in [0.15, 0.2) is 5.82 Å². The summed E-state index contributed by atoms with van der Waals surface area (Å²) in [6.07, 6.45) is -4.74. The van der Waals surface area contributed by atoms with Crippen molar-refractivity contribution in [3.05, 3.63) is 51.9 Å². The molecule has 1 fully saturated rings. The first kappa shape index (κ1) is 26.1. The fourth-order valence-electron chi connectivity index (χ4n) is 4.00. The largest absolute Gasteiger partial charge is 0.417 e. The average molecular weight is 547 g/mol. The molecule has 6 nitrogen and oxygen atoms in total. The van der Waals surface area contributed by atoms with Gasteiger partial charge in [0.2, 0.25) is 0 Å². The molecule has 0 unspecified atom stereocenters. The van der Waals surface area contributed by atoms with Crippen LogP contribution in [0, 0.1) is 11.6 Å². The molecule has 1 atom stereocenters. The Morgan fingerprint density at radius 2 is 1.86 bits per heavy atom. The second-order valence-electron chi connectivity index (χ2n) is 9.20. The van der Waals surface area contributed by atoms with Crippen LogP contribution in [0.5, 0.6) is 0 Å². The van der Waals surface area contributed by atoms with Gasteiger partial charge in [0.1, 0.15) is 22.7 Å². The maximum atomic E-state index is 14.7. The zero-order valence-electron chi connectivity index (χ0n) is 19.5. The number of pyridine rings is 1. The number of fused-ring (bicyclic) bond motifs is 1. The minimum atomic E-state index is -4.74. The number of hydrogen-bond donors (Lipinski definition) is 0. The van der Waals surface area contributed by atoms with Crippen LogP contribution < -0.4 is 9.80 Å². The van der Waals surface area contributed by atoms with Crippen molar-refractivity contribution in [1.29, 1.82) is 0 Å². The van der Waals surface area contributed by atoms with Gasteiger partial charge in [0.25, 0.3) is 5.91 Å². The number of likely N-dealkylation sites (N-methyl/N-ethyl adjacent to an activating group) is 1. The summed E-state index contributed by atoms with van der Waals surface area (Å²) in [5, 5.41) is 0.628. The number of aromatic nitrogens is 1. The molecule has 2 aromatic heterocycles. The summed E-state index contributed by atoms with van der Waals surface area (Å²) in [4.78, 5) is 34.3. The van der Waals surface area contributed by atoms with E-state index < -0.39 is 51.9 Å². The number of alkyl halides is 3. The maximum Gasteiger partial charge on any atom is 0.417 e. The van der Waals surface area contributed by atoms with Crippen LogP contribution in [0.3, 0.4) is 0 Å². The van der Waals surface area contributed by atoms with Crippen molar-refractivity contribution < 1.29 is 31.5 Å². The first-order valence-electron chi connectivity index (χ1n) is 10.6. The van der Waals surface area contributed by atoms with Gasteiger partial charge in [-0.05, 0) is 50.4 Å². The highest BCUT2D eigenvalue weighted by Crippen LogP contribution is 2.40. The Hall–Kier alpha value is -2.99. The molecule has 192 valence electrons. The number of thiophene rings is 1. The van der Waals surface area contributed by atoms with Crippen molar-refractivity contribution in [2.24, 2.45) is 0 Å². The highest BCUT2D eigenvalue weighted by molar-refractivity contribution is 7.17. The molecule has 3 aromatic rings. The van der Waals surface area contributed by atoms with E-state index in [1.807, 2.05) is 0 Å². The predicted molar refractivity (Wildman–Crippen MR) is 128 cm³/mol. The first-order valence-corrected chi connectivity index (χ1v) is 11.9. The number of hydrogen-bond acceptors (Lipinski definition) is 4. The summed E-state index contributed by atoms with van der Waals surface area (Å²) in [6.45, 7) is 4.91. The predicted octanol–water partition coefficient (Wildman–Crippen LogP) is 6.32. The van der Waals surface area contributed by atoms with Gasteiger partial charge in [0.05, 0.1) is 28.0 Å². The number of anilines is 2. The van der Waals surface area contributed by atoms with Gasteiger partial charge in [0, 0.05) is 12.6 Å². The first-order chi connectivity index (χ1) is 16.6. The molecule has 3 heterocycles. The van der Waals surface area contributed by atoms with Crippen LogP contribution >= 0.6 is 22.9 Å². The molecular weight excluding hydrogens is 527 g/mol. The lowest BCUT2D eigenvalue weighted by molar-refractivity contribution is -0.136. The summed E-state index contributed by atoms with van der Waals surface area (Å²) in [5.74, 6) is -3.40. The third kappa shape index (κ3) is 4.36. The number of benzene rings is 1. The van der Waals surface area contributed by atoms with Gasteiger partial charge in [-0.1, -0.05) is 11.6 Å². The van der Waals surface area contributed by atoms with Crippen molar-refractivity contribution in [3.63, 3.8) is 0 Å². The highest BCUT2D eigenvalue weighted by Gasteiger charge is 2.48. The summed E-state index contributed by atoms with van der Waals surface area (Å²) >= 11 is 6.51. The fourth-order valence-corrected chi connectivity index (χ4v) is 5.03. The maximum absolute atomic E-state index is 14.7. The van der Waals surface area contributed by atoms with E-state index >= 15 is 0 Å². The molecule has 0 radical (unpaired) electrons. The van der Waals surface area contributed by atoms with E-state index in [0.717, 1.165) is 39.3 Å². The van der Waals surface area contributed by atoms with Crippen molar-refractivity contribution in [3.8, 4) is 0 Å². The molecule has 1 aliphatic rings. The van der Waals surface area contributed by atoms with Crippen LogP contribution in [0.4, 0.5) is 38.3 Å². The van der Waals surface area contributed by atoms with Crippen molar-refractivity contribution in [2.75, 3.05) is 23.4 Å². The summed E-state index contributed by atoms with van der Waals surface area (Å²) < 4.78 is 69.7. The lowest BCUT2D eigenvalue weighted by Gasteiger charge is -2.31. The fraction of sp³-hybridized carbons (Fsp3) is 0.348. The van der Waals surface area contributed by atoms with Crippen molar-refractivity contribution in [1.82, 2.24) is 9.88 Å². The minimum absolute atomic E-state index is 0.0164. The van der Waals surface area contributed by atoms with Crippen LogP contribution in [0.1, 0.15) is 26.3 Å². The van der Waals surface area contributed by atoms with Crippen LogP contribution in [0.15, 0.2) is 29.6 Å². The molecule has 1 aromatic carbocycles. The number of carbonyl (C=O) groups is 2. The van der Waals surface area contributed by atoms with Gasteiger partial charge in [-0.3, -0.25) is 9.69 Å². The molecule has 0 saturated carbocycles. The van der Waals surface area contributed by atoms with Crippen molar-refractivity contribution >= 4 is 56.6 Å². The Labute approximate surface area is 211 Å². The Morgan fingerprint density at radius 1 is 1.19 bits per heavy atom. The molecule has 13 heteroatoms. The molecule has 1 saturated heterocycles. The third-order valence-corrected chi connectivity index (χ3v) is 7.14. The van der Waals surface area contributed by atoms with Crippen LogP contribution in [0.25, 0.3) is 10.2 Å². The monoisotopic (exact) mass is 546 g/mol. The van der Waals surface area contributed by atoms with Gasteiger partial charge in [-0.25, -0.2) is 18.6 Å². The lowest BCUT2D eigenvalue weighted by Crippen LogP contribution is -2.47. The van der Waals surface area contributed by atoms with Gasteiger partial charge in [-0.2, -0.15) is 13.2 Å². The molecule has 1 aliphatic heterocycles. The number of amides is 3. The zero-order valence-corrected chi connectivity index (χ0v) is 21.0. The highest BCUT2D eigenvalue weighted by atomic mass is 35.5. The van der Waals surface area contributed by atoms with Crippen molar-refractivity contribution in [2.45, 2.75) is 38.5 Å². The number of carbonyl (C=O) groups excluding carboxylic acids is 2. The van der Waals surface area contributed by atoms with Gasteiger partial charge < -0.3 is 9.80 Å². The van der Waals surface area contributed by atoms with Crippen LogP contribution in [0.2, 0.25) is 5.02 Å². The van der Waals surface area contributed by atoms with E-state index in [-0.39, 0.29) is 28.3 Å². The topological polar surface area (TPSA) is 56.8 Å². The molecule has 4 rings (SSSR count). The Bertz CT molecular complexity index is 1370. The quantitative estimate of drug-likeness (QED) is 0.285. The Balaban J connectivity index is 1.84. The minimum Gasteiger partial charge on any atom is -0.317 e. The van der Waals surface area contributed by atoms with Gasteiger partial charge in [-0.15, -0.1) is 11.3 Å². The van der Waals surface area contributed by atoms with Crippen LogP contribution in [-0.4, -0.2) is 47.0 Å².